The quantitative estimate of drug-likeness (QED) is 0.594. The standard InChI is InChI=1S/C14H16FNO4/c1-2-7-20-9-13(17)16-12-5-3-10(8-11(12)15)4-6-14(18)19/h3-6,8H,2,7,9H2,1H3,(H,16,17)(H,18,19)/b6-4+. The SMILES string of the molecule is CCCOCC(=O)Nc1ccc(/C=C/C(=O)O)cc1F. The summed E-state index contributed by atoms with van der Waals surface area (Å²) in [4.78, 5) is 21.8. The molecule has 108 valence electrons. The number of hydrogen-bond donors (Lipinski definition) is 2. The maximum atomic E-state index is 13.7. The Balaban J connectivity index is 2.64. The lowest BCUT2D eigenvalue weighted by Crippen LogP contribution is -2.19. The Morgan fingerprint density at radius 2 is 2.20 bits per heavy atom. The maximum absolute atomic E-state index is 13.7. The van der Waals surface area contributed by atoms with E-state index in [0.29, 0.717) is 12.2 Å². The number of nitrogens with one attached hydrogen (secondary N) is 1. The molecule has 0 atom stereocenters. The predicted molar refractivity (Wildman–Crippen MR) is 72.8 cm³/mol. The normalized spacial score (nSPS) is 10.7. The lowest BCUT2D eigenvalue weighted by molar-refractivity contribution is -0.131. The van der Waals surface area contributed by atoms with Gasteiger partial charge >= 0.3 is 5.97 Å². The van der Waals surface area contributed by atoms with Gasteiger partial charge in [-0.2, -0.15) is 0 Å². The van der Waals surface area contributed by atoms with E-state index in [1.54, 1.807) is 0 Å². The highest BCUT2D eigenvalue weighted by Crippen LogP contribution is 2.16. The number of carbonyl (C=O) groups excluding carboxylic acids is 1. The van der Waals surface area contributed by atoms with Gasteiger partial charge in [-0.1, -0.05) is 13.0 Å². The van der Waals surface area contributed by atoms with E-state index in [-0.39, 0.29) is 12.3 Å². The third kappa shape index (κ3) is 5.62. The second kappa shape index (κ2) is 8.06. The molecule has 1 aromatic rings. The average molecular weight is 281 g/mol. The second-order valence-corrected chi connectivity index (χ2v) is 4.01. The van der Waals surface area contributed by atoms with Crippen molar-refractivity contribution >= 4 is 23.6 Å². The molecule has 1 amide bonds. The van der Waals surface area contributed by atoms with Gasteiger partial charge in [0.2, 0.25) is 5.91 Å². The van der Waals surface area contributed by atoms with Gasteiger partial charge < -0.3 is 15.2 Å². The second-order valence-electron chi connectivity index (χ2n) is 4.01. The molecule has 0 unspecified atom stereocenters. The topological polar surface area (TPSA) is 75.6 Å². The zero-order valence-electron chi connectivity index (χ0n) is 11.1. The molecule has 20 heavy (non-hydrogen) atoms. The average Bonchev–Trinajstić information content (AvgIpc) is 2.39. The molecule has 0 saturated heterocycles. The Kier molecular flexibility index (Phi) is 6.39. The number of carboxylic acids is 1. The van der Waals surface area contributed by atoms with E-state index < -0.39 is 17.7 Å². The number of hydrogen-bond acceptors (Lipinski definition) is 3. The fourth-order valence-corrected chi connectivity index (χ4v) is 1.40. The third-order valence-corrected chi connectivity index (χ3v) is 2.27. The molecule has 1 aromatic carbocycles. The first kappa shape index (κ1) is 15.8. The number of carbonyl (C=O) groups is 2. The number of halogens is 1. The van der Waals surface area contributed by atoms with E-state index in [1.807, 2.05) is 6.92 Å². The minimum Gasteiger partial charge on any atom is -0.478 e. The highest BCUT2D eigenvalue weighted by molar-refractivity contribution is 5.92. The van der Waals surface area contributed by atoms with Gasteiger partial charge in [0.25, 0.3) is 0 Å². The summed E-state index contributed by atoms with van der Waals surface area (Å²) >= 11 is 0. The molecule has 1 rings (SSSR count). The van der Waals surface area contributed by atoms with Crippen LogP contribution >= 0.6 is 0 Å². The van der Waals surface area contributed by atoms with Crippen molar-refractivity contribution in [1.82, 2.24) is 0 Å². The molecule has 0 aliphatic heterocycles. The number of benzene rings is 1. The number of ether oxygens (including phenoxy) is 1. The summed E-state index contributed by atoms with van der Waals surface area (Å²) in [5, 5.41) is 10.9. The van der Waals surface area contributed by atoms with Gasteiger partial charge in [-0.25, -0.2) is 9.18 Å². The fourth-order valence-electron chi connectivity index (χ4n) is 1.40. The molecular formula is C14H16FNO4. The molecular weight excluding hydrogens is 265 g/mol. The first-order valence-corrected chi connectivity index (χ1v) is 6.11. The molecule has 0 heterocycles. The predicted octanol–water partition coefficient (Wildman–Crippen LogP) is 2.29. The highest BCUT2D eigenvalue weighted by Gasteiger charge is 2.07. The van der Waals surface area contributed by atoms with E-state index in [9.17, 15) is 14.0 Å². The van der Waals surface area contributed by atoms with Crippen LogP contribution in [0.1, 0.15) is 18.9 Å². The van der Waals surface area contributed by atoms with Crippen LogP contribution in [-0.4, -0.2) is 30.2 Å². The van der Waals surface area contributed by atoms with Crippen molar-refractivity contribution in [2.75, 3.05) is 18.5 Å². The van der Waals surface area contributed by atoms with Crippen molar-refractivity contribution < 1.29 is 23.8 Å². The first-order chi connectivity index (χ1) is 9.52. The molecule has 6 heteroatoms. The molecule has 0 spiro atoms. The summed E-state index contributed by atoms with van der Waals surface area (Å²) < 4.78 is 18.7. The van der Waals surface area contributed by atoms with Gasteiger partial charge in [0, 0.05) is 12.7 Å². The van der Waals surface area contributed by atoms with Crippen LogP contribution in [0.3, 0.4) is 0 Å². The number of aliphatic carboxylic acids is 1. The lowest BCUT2D eigenvalue weighted by atomic mass is 10.2. The number of amides is 1. The molecule has 0 aliphatic rings. The summed E-state index contributed by atoms with van der Waals surface area (Å²) in [6.07, 6.45) is 2.97. The van der Waals surface area contributed by atoms with Crippen molar-refractivity contribution in [1.29, 1.82) is 0 Å². The van der Waals surface area contributed by atoms with Crippen molar-refractivity contribution in [2.45, 2.75) is 13.3 Å². The summed E-state index contributed by atoms with van der Waals surface area (Å²) in [6.45, 7) is 2.25. The van der Waals surface area contributed by atoms with Crippen molar-refractivity contribution in [3.05, 3.63) is 35.7 Å². The van der Waals surface area contributed by atoms with Crippen molar-refractivity contribution in [3.8, 4) is 0 Å². The zero-order chi connectivity index (χ0) is 15.0. The molecule has 5 nitrogen and oxygen atoms in total. The monoisotopic (exact) mass is 281 g/mol. The van der Waals surface area contributed by atoms with Crippen molar-refractivity contribution in [3.63, 3.8) is 0 Å². The van der Waals surface area contributed by atoms with Gasteiger partial charge in [-0.15, -0.1) is 0 Å². The largest absolute Gasteiger partial charge is 0.478 e. The molecule has 0 aromatic heterocycles. The van der Waals surface area contributed by atoms with Crippen LogP contribution in [0.2, 0.25) is 0 Å². The fraction of sp³-hybridized carbons (Fsp3) is 0.286. The molecule has 0 aliphatic carbocycles. The van der Waals surface area contributed by atoms with Gasteiger partial charge in [0.15, 0.2) is 0 Å². The van der Waals surface area contributed by atoms with E-state index in [4.69, 9.17) is 9.84 Å². The van der Waals surface area contributed by atoms with Crippen LogP contribution < -0.4 is 5.32 Å². The third-order valence-electron chi connectivity index (χ3n) is 2.27. The maximum Gasteiger partial charge on any atom is 0.328 e. The Bertz CT molecular complexity index is 514. The first-order valence-electron chi connectivity index (χ1n) is 6.11. The van der Waals surface area contributed by atoms with Crippen LogP contribution in [0.5, 0.6) is 0 Å². The zero-order valence-corrected chi connectivity index (χ0v) is 11.1. The summed E-state index contributed by atoms with van der Waals surface area (Å²) in [6, 6.07) is 4.02. The minimum absolute atomic E-state index is 0.0302. The Morgan fingerprint density at radius 3 is 2.80 bits per heavy atom. The molecule has 0 saturated carbocycles. The van der Waals surface area contributed by atoms with Crippen LogP contribution in [0.25, 0.3) is 6.08 Å². The Labute approximate surface area is 116 Å². The summed E-state index contributed by atoms with van der Waals surface area (Å²) in [5.74, 6) is -2.19. The van der Waals surface area contributed by atoms with E-state index in [1.165, 1.54) is 18.2 Å². The van der Waals surface area contributed by atoms with Crippen molar-refractivity contribution in [2.24, 2.45) is 0 Å². The van der Waals surface area contributed by atoms with Gasteiger partial charge in [0.1, 0.15) is 12.4 Å². The van der Waals surface area contributed by atoms with Crippen LogP contribution in [0, 0.1) is 5.82 Å². The van der Waals surface area contributed by atoms with Crippen LogP contribution in [0.4, 0.5) is 10.1 Å². The van der Waals surface area contributed by atoms with Crippen LogP contribution in [0.15, 0.2) is 24.3 Å². The molecule has 0 fully saturated rings. The molecule has 0 radical (unpaired) electrons. The Morgan fingerprint density at radius 1 is 1.45 bits per heavy atom. The smallest absolute Gasteiger partial charge is 0.328 e. The van der Waals surface area contributed by atoms with E-state index >= 15 is 0 Å². The van der Waals surface area contributed by atoms with Gasteiger partial charge in [-0.05, 0) is 30.2 Å². The minimum atomic E-state index is -1.11. The van der Waals surface area contributed by atoms with E-state index in [2.05, 4.69) is 5.32 Å². The summed E-state index contributed by atoms with van der Waals surface area (Å²) in [5.41, 5.74) is 0.424. The lowest BCUT2D eigenvalue weighted by Gasteiger charge is -2.07. The van der Waals surface area contributed by atoms with Gasteiger partial charge in [0.05, 0.1) is 5.69 Å². The number of carboxylic acid groups (broad SMARTS) is 1. The number of anilines is 1. The van der Waals surface area contributed by atoms with Crippen LogP contribution in [-0.2, 0) is 14.3 Å². The highest BCUT2D eigenvalue weighted by atomic mass is 19.1. The summed E-state index contributed by atoms with van der Waals surface area (Å²) in [7, 11) is 0. The number of rotatable bonds is 7. The van der Waals surface area contributed by atoms with E-state index in [0.717, 1.165) is 18.6 Å². The van der Waals surface area contributed by atoms with Gasteiger partial charge in [-0.3, -0.25) is 4.79 Å². The molecule has 0 bridgehead atoms. The Hall–Kier alpha value is -2.21. The molecule has 2 N–H and O–H groups in total.